The van der Waals surface area contributed by atoms with Crippen LogP contribution < -0.4 is 15.0 Å². The Morgan fingerprint density at radius 2 is 1.76 bits per heavy atom. The summed E-state index contributed by atoms with van der Waals surface area (Å²) in [6, 6.07) is 27.7. The van der Waals surface area contributed by atoms with Crippen LogP contribution in [0.15, 0.2) is 111 Å². The van der Waals surface area contributed by atoms with Gasteiger partial charge in [0.05, 0.1) is 34.5 Å². The number of nitro groups is 1. The molecule has 6 rings (SSSR count). The molecule has 0 N–H and O–H groups in total. The number of methoxy groups -OCH3 is 1. The summed E-state index contributed by atoms with van der Waals surface area (Å²) in [4.78, 5) is 28.6. The predicted octanol–water partition coefficient (Wildman–Crippen LogP) is 6.19. The minimum absolute atomic E-state index is 0.0290. The highest BCUT2D eigenvalue weighted by Crippen LogP contribution is 2.33. The van der Waals surface area contributed by atoms with Crippen LogP contribution in [0, 0.1) is 10.1 Å². The Hall–Kier alpha value is -5.77. The largest absolute Gasteiger partial charge is 0.496 e. The first kappa shape index (κ1) is 25.5. The van der Waals surface area contributed by atoms with Gasteiger partial charge in [-0.2, -0.15) is 9.78 Å². The lowest BCUT2D eigenvalue weighted by molar-refractivity contribution is -0.384. The van der Waals surface area contributed by atoms with E-state index in [4.69, 9.17) is 18.9 Å². The van der Waals surface area contributed by atoms with Crippen LogP contribution in [0.2, 0.25) is 0 Å². The zero-order valence-corrected chi connectivity index (χ0v) is 21.8. The van der Waals surface area contributed by atoms with Gasteiger partial charge in [0.15, 0.2) is 5.76 Å². The molecule has 0 amide bonds. The minimum Gasteiger partial charge on any atom is -0.496 e. The Labute approximate surface area is 232 Å². The van der Waals surface area contributed by atoms with Gasteiger partial charge in [-0.25, -0.2) is 4.98 Å². The van der Waals surface area contributed by atoms with Gasteiger partial charge >= 0.3 is 0 Å². The molecule has 2 heterocycles. The second-order valence-electron chi connectivity index (χ2n) is 9.08. The number of non-ortho nitro benzene ring substituents is 1. The molecule has 10 nitrogen and oxygen atoms in total. The van der Waals surface area contributed by atoms with Gasteiger partial charge in [0.25, 0.3) is 11.2 Å². The summed E-state index contributed by atoms with van der Waals surface area (Å²) in [6.07, 6.45) is 1.56. The Morgan fingerprint density at radius 1 is 0.976 bits per heavy atom. The molecule has 0 aliphatic rings. The molecule has 0 unspecified atom stereocenters. The van der Waals surface area contributed by atoms with Crippen LogP contribution in [0.4, 0.5) is 5.69 Å². The summed E-state index contributed by atoms with van der Waals surface area (Å²) < 4.78 is 18.6. The van der Waals surface area contributed by atoms with Crippen molar-refractivity contribution in [2.75, 3.05) is 7.11 Å². The van der Waals surface area contributed by atoms with Crippen molar-refractivity contribution in [1.82, 2.24) is 9.66 Å². The van der Waals surface area contributed by atoms with Gasteiger partial charge in [0, 0.05) is 12.1 Å². The van der Waals surface area contributed by atoms with Crippen molar-refractivity contribution >= 4 is 33.8 Å². The molecular formula is C31H22N4O6. The van der Waals surface area contributed by atoms with Crippen LogP contribution >= 0.6 is 0 Å². The molecular weight excluding hydrogens is 524 g/mol. The van der Waals surface area contributed by atoms with E-state index in [-0.39, 0.29) is 23.7 Å². The van der Waals surface area contributed by atoms with Crippen molar-refractivity contribution in [2.45, 2.75) is 6.61 Å². The van der Waals surface area contributed by atoms with Crippen LogP contribution in [0.5, 0.6) is 11.5 Å². The molecule has 0 fully saturated rings. The summed E-state index contributed by atoms with van der Waals surface area (Å²) in [5, 5.41) is 16.5. The molecule has 0 aliphatic heterocycles. The van der Waals surface area contributed by atoms with Gasteiger partial charge in [-0.05, 0) is 77.9 Å². The van der Waals surface area contributed by atoms with Gasteiger partial charge in [-0.3, -0.25) is 14.9 Å². The highest BCUT2D eigenvalue weighted by Gasteiger charge is 2.18. The molecule has 2 aromatic heterocycles. The number of aromatic nitrogens is 2. The molecule has 0 saturated carbocycles. The topological polar surface area (TPSA) is 122 Å². The highest BCUT2D eigenvalue weighted by atomic mass is 16.6. The van der Waals surface area contributed by atoms with E-state index in [1.54, 1.807) is 74.0 Å². The number of benzene rings is 4. The van der Waals surface area contributed by atoms with Crippen molar-refractivity contribution < 1.29 is 18.8 Å². The Balaban J connectivity index is 1.29. The molecule has 0 saturated heterocycles. The number of furan rings is 1. The Bertz CT molecular complexity index is 1980. The summed E-state index contributed by atoms with van der Waals surface area (Å²) in [5.41, 5.74) is 2.35. The van der Waals surface area contributed by atoms with E-state index in [2.05, 4.69) is 5.10 Å². The third-order valence-corrected chi connectivity index (χ3v) is 6.47. The molecule has 0 spiro atoms. The average molecular weight is 547 g/mol. The van der Waals surface area contributed by atoms with Crippen LogP contribution in [0.25, 0.3) is 33.5 Å². The van der Waals surface area contributed by atoms with Crippen molar-refractivity contribution in [3.8, 4) is 23.1 Å². The quantitative estimate of drug-likeness (QED) is 0.127. The molecule has 41 heavy (non-hydrogen) atoms. The normalized spacial score (nSPS) is 11.3. The lowest BCUT2D eigenvalue weighted by Crippen LogP contribution is -2.20. The molecule has 202 valence electrons. The van der Waals surface area contributed by atoms with Crippen molar-refractivity contribution in [3.63, 3.8) is 0 Å². The number of ether oxygens (including phenoxy) is 2. The van der Waals surface area contributed by atoms with Crippen LogP contribution in [-0.4, -0.2) is 27.9 Å². The molecule has 0 aliphatic carbocycles. The summed E-state index contributed by atoms with van der Waals surface area (Å²) >= 11 is 0. The minimum atomic E-state index is -0.441. The molecule has 4 aromatic carbocycles. The standard InChI is InChI=1S/C31H22N4O6/c1-39-27-7-4-8-28-25(27)17-29(41-28)30-33-26-6-3-2-5-24(26)31(36)34(30)32-18-20-11-15-23(16-12-20)40-19-21-9-13-22(14-10-21)35(37)38/h2-18H,19H2,1H3. The highest BCUT2D eigenvalue weighted by molar-refractivity contribution is 5.88. The summed E-state index contributed by atoms with van der Waals surface area (Å²) in [7, 11) is 1.59. The second-order valence-corrected chi connectivity index (χ2v) is 9.08. The van der Waals surface area contributed by atoms with Crippen molar-refractivity contribution in [1.29, 1.82) is 0 Å². The summed E-state index contributed by atoms with van der Waals surface area (Å²) in [5.74, 6) is 1.89. The lowest BCUT2D eigenvalue weighted by Gasteiger charge is -2.08. The number of nitrogens with zero attached hydrogens (tertiary/aromatic N) is 4. The van der Waals surface area contributed by atoms with E-state index in [9.17, 15) is 14.9 Å². The van der Waals surface area contributed by atoms with Gasteiger partial charge in [-0.1, -0.05) is 18.2 Å². The number of hydrogen-bond acceptors (Lipinski definition) is 8. The van der Waals surface area contributed by atoms with Crippen LogP contribution in [-0.2, 0) is 6.61 Å². The van der Waals surface area contributed by atoms with E-state index in [0.717, 1.165) is 16.5 Å². The third kappa shape index (κ3) is 5.13. The second kappa shape index (κ2) is 10.8. The Morgan fingerprint density at radius 3 is 2.51 bits per heavy atom. The van der Waals surface area contributed by atoms with E-state index in [0.29, 0.717) is 33.7 Å². The van der Waals surface area contributed by atoms with Crippen molar-refractivity contribution in [3.05, 3.63) is 129 Å². The van der Waals surface area contributed by atoms with Crippen molar-refractivity contribution in [2.24, 2.45) is 5.10 Å². The van der Waals surface area contributed by atoms with E-state index in [1.807, 2.05) is 24.3 Å². The third-order valence-electron chi connectivity index (χ3n) is 6.47. The fourth-order valence-corrected chi connectivity index (χ4v) is 4.37. The molecule has 0 radical (unpaired) electrons. The van der Waals surface area contributed by atoms with E-state index in [1.165, 1.54) is 16.8 Å². The maximum Gasteiger partial charge on any atom is 0.282 e. The van der Waals surface area contributed by atoms with E-state index < -0.39 is 4.92 Å². The lowest BCUT2D eigenvalue weighted by atomic mass is 10.2. The number of hydrogen-bond donors (Lipinski definition) is 0. The first-order chi connectivity index (χ1) is 20.0. The van der Waals surface area contributed by atoms with Gasteiger partial charge in [0.1, 0.15) is 23.7 Å². The number of fused-ring (bicyclic) bond motifs is 2. The van der Waals surface area contributed by atoms with Crippen LogP contribution in [0.1, 0.15) is 11.1 Å². The first-order valence-corrected chi connectivity index (χ1v) is 12.6. The number of rotatable bonds is 8. The molecule has 6 aromatic rings. The zero-order chi connectivity index (χ0) is 28.3. The van der Waals surface area contributed by atoms with Gasteiger partial charge in [0.2, 0.25) is 5.82 Å². The number of para-hydroxylation sites is 1. The number of nitro benzene ring substituents is 1. The Kier molecular flexibility index (Phi) is 6.70. The molecule has 0 atom stereocenters. The predicted molar refractivity (Wildman–Crippen MR) is 155 cm³/mol. The molecule has 0 bridgehead atoms. The smallest absolute Gasteiger partial charge is 0.282 e. The molecule has 10 heteroatoms. The zero-order valence-electron chi connectivity index (χ0n) is 21.8. The maximum atomic E-state index is 13.5. The average Bonchev–Trinajstić information content (AvgIpc) is 3.45. The fourth-order valence-electron chi connectivity index (χ4n) is 4.37. The van der Waals surface area contributed by atoms with Crippen LogP contribution in [0.3, 0.4) is 0 Å². The van der Waals surface area contributed by atoms with Gasteiger partial charge in [-0.15, -0.1) is 0 Å². The summed E-state index contributed by atoms with van der Waals surface area (Å²) in [6.45, 7) is 0.259. The fraction of sp³-hybridized carbons (Fsp3) is 0.0645. The van der Waals surface area contributed by atoms with Gasteiger partial charge < -0.3 is 13.9 Å². The van der Waals surface area contributed by atoms with E-state index >= 15 is 0 Å². The first-order valence-electron chi connectivity index (χ1n) is 12.6. The maximum absolute atomic E-state index is 13.5. The monoisotopic (exact) mass is 546 g/mol. The SMILES string of the molecule is COc1cccc2oc(-c3nc4ccccc4c(=O)n3N=Cc3ccc(OCc4ccc([N+](=O)[O-])cc4)cc3)cc12.